The van der Waals surface area contributed by atoms with Crippen LogP contribution >= 0.6 is 0 Å². The Kier molecular flexibility index (Phi) is 4.47. The van der Waals surface area contributed by atoms with Gasteiger partial charge in [0.1, 0.15) is 0 Å². The van der Waals surface area contributed by atoms with Crippen molar-refractivity contribution in [2.24, 2.45) is 5.92 Å². The summed E-state index contributed by atoms with van der Waals surface area (Å²) in [6, 6.07) is 10.9. The fraction of sp³-hybridized carbons (Fsp3) is 0.545. The number of para-hydroxylation sites is 1. The maximum Gasteiger partial charge on any atom is 0.262 e. The highest BCUT2D eigenvalue weighted by Crippen LogP contribution is 2.39. The highest BCUT2D eigenvalue weighted by molar-refractivity contribution is 5.99. The van der Waals surface area contributed by atoms with Gasteiger partial charge in [0, 0.05) is 24.5 Å². The molecule has 0 aliphatic carbocycles. The summed E-state index contributed by atoms with van der Waals surface area (Å²) in [7, 11) is 2.21. The average Bonchev–Trinajstić information content (AvgIpc) is 2.82. The zero-order valence-electron chi connectivity index (χ0n) is 15.9. The quantitative estimate of drug-likeness (QED) is 0.780. The van der Waals surface area contributed by atoms with E-state index in [1.54, 1.807) is 4.57 Å². The van der Waals surface area contributed by atoms with Crippen LogP contribution in [0.2, 0.25) is 0 Å². The lowest BCUT2D eigenvalue weighted by molar-refractivity contribution is 0.0880. The number of nitrogens with zero attached hydrogens (tertiary/aromatic N) is 2. The lowest BCUT2D eigenvalue weighted by atomic mass is 9.86. The van der Waals surface area contributed by atoms with Gasteiger partial charge in [0.05, 0.1) is 11.1 Å². The number of benzene rings is 1. The van der Waals surface area contributed by atoms with Gasteiger partial charge in [-0.3, -0.25) is 9.59 Å². The SMILES string of the molecule is CC(C)n1c(=O)c(C(=O)CC2CC3CCC(C2)N3C)cc2ccccc21. The van der Waals surface area contributed by atoms with E-state index < -0.39 is 0 Å². The maximum atomic E-state index is 13.0. The van der Waals surface area contributed by atoms with Gasteiger partial charge in [0.25, 0.3) is 5.56 Å². The van der Waals surface area contributed by atoms with Crippen molar-refractivity contribution in [2.45, 2.75) is 64.1 Å². The Morgan fingerprint density at radius 3 is 2.46 bits per heavy atom. The van der Waals surface area contributed by atoms with Crippen molar-refractivity contribution in [1.29, 1.82) is 0 Å². The first kappa shape index (κ1) is 17.5. The molecule has 0 spiro atoms. The Labute approximate surface area is 154 Å². The van der Waals surface area contributed by atoms with E-state index in [2.05, 4.69) is 11.9 Å². The van der Waals surface area contributed by atoms with Crippen molar-refractivity contribution >= 4 is 16.7 Å². The summed E-state index contributed by atoms with van der Waals surface area (Å²) in [5.74, 6) is 0.429. The monoisotopic (exact) mass is 352 g/mol. The highest BCUT2D eigenvalue weighted by Gasteiger charge is 2.39. The minimum absolute atomic E-state index is 0.0177. The minimum atomic E-state index is -0.139. The first-order chi connectivity index (χ1) is 12.5. The Morgan fingerprint density at radius 1 is 1.15 bits per heavy atom. The predicted octanol–water partition coefficient (Wildman–Crippen LogP) is 4.03. The summed E-state index contributed by atoms with van der Waals surface area (Å²) < 4.78 is 1.76. The molecule has 2 aromatic rings. The summed E-state index contributed by atoms with van der Waals surface area (Å²) in [5.41, 5.74) is 1.13. The van der Waals surface area contributed by atoms with Crippen molar-refractivity contribution < 1.29 is 4.79 Å². The van der Waals surface area contributed by atoms with E-state index in [0.29, 0.717) is 30.0 Å². The molecule has 2 bridgehead atoms. The second kappa shape index (κ2) is 6.66. The van der Waals surface area contributed by atoms with Crippen LogP contribution in [0.4, 0.5) is 0 Å². The Bertz CT molecular complexity index is 885. The molecular weight excluding hydrogens is 324 g/mol. The van der Waals surface area contributed by atoms with E-state index in [-0.39, 0.29) is 17.4 Å². The van der Waals surface area contributed by atoms with Crippen molar-refractivity contribution in [2.75, 3.05) is 7.05 Å². The van der Waals surface area contributed by atoms with Gasteiger partial charge >= 0.3 is 0 Å². The van der Waals surface area contributed by atoms with E-state index in [9.17, 15) is 9.59 Å². The van der Waals surface area contributed by atoms with Gasteiger partial charge < -0.3 is 9.47 Å². The summed E-state index contributed by atoms with van der Waals surface area (Å²) >= 11 is 0. The smallest absolute Gasteiger partial charge is 0.262 e. The van der Waals surface area contributed by atoms with Crippen LogP contribution in [0, 0.1) is 5.92 Å². The fourth-order valence-electron chi connectivity index (χ4n) is 5.06. The molecule has 3 heterocycles. The van der Waals surface area contributed by atoms with Crippen molar-refractivity contribution in [3.63, 3.8) is 0 Å². The zero-order chi connectivity index (χ0) is 18.4. The molecular formula is C22H28N2O2. The number of piperidine rings is 1. The first-order valence-corrected chi connectivity index (χ1v) is 9.85. The standard InChI is InChI=1S/C22H28N2O2/c1-14(2)24-20-7-5-4-6-16(20)13-19(22(24)26)21(25)12-15-10-17-8-9-18(11-15)23(17)3/h4-7,13-15,17-18H,8-12H2,1-3H3. The fourth-order valence-corrected chi connectivity index (χ4v) is 5.06. The Balaban J connectivity index is 1.65. The molecule has 2 aliphatic rings. The summed E-state index contributed by atoms with van der Waals surface area (Å²) in [6.45, 7) is 3.99. The van der Waals surface area contributed by atoms with Crippen LogP contribution in [0.3, 0.4) is 0 Å². The molecule has 0 saturated carbocycles. The highest BCUT2D eigenvalue weighted by atomic mass is 16.1. The van der Waals surface area contributed by atoms with Gasteiger partial charge in [0.2, 0.25) is 0 Å². The molecule has 2 unspecified atom stereocenters. The van der Waals surface area contributed by atoms with Crippen LogP contribution in [0.1, 0.15) is 62.4 Å². The molecule has 4 nitrogen and oxygen atoms in total. The van der Waals surface area contributed by atoms with Crippen molar-refractivity contribution in [3.8, 4) is 0 Å². The molecule has 0 radical (unpaired) electrons. The third kappa shape index (κ3) is 2.90. The number of aromatic nitrogens is 1. The Morgan fingerprint density at radius 2 is 1.81 bits per heavy atom. The van der Waals surface area contributed by atoms with Gasteiger partial charge in [-0.15, -0.1) is 0 Å². The third-order valence-electron chi connectivity index (χ3n) is 6.43. The molecule has 26 heavy (non-hydrogen) atoms. The second-order valence-corrected chi connectivity index (χ2v) is 8.40. The number of carbonyl (C=O) groups is 1. The largest absolute Gasteiger partial charge is 0.305 e. The molecule has 138 valence electrons. The van der Waals surface area contributed by atoms with E-state index in [1.807, 2.05) is 44.2 Å². The number of Topliss-reactive ketones (excluding diaryl/α,β-unsaturated/α-hetero) is 1. The molecule has 0 amide bonds. The lowest BCUT2D eigenvalue weighted by Gasteiger charge is -2.36. The molecule has 2 fully saturated rings. The zero-order valence-corrected chi connectivity index (χ0v) is 15.9. The first-order valence-electron chi connectivity index (χ1n) is 9.85. The Hall–Kier alpha value is -1.94. The van der Waals surface area contributed by atoms with Crippen LogP contribution in [0.25, 0.3) is 10.9 Å². The molecule has 2 aliphatic heterocycles. The molecule has 0 N–H and O–H groups in total. The van der Waals surface area contributed by atoms with Crippen LogP contribution in [-0.2, 0) is 0 Å². The second-order valence-electron chi connectivity index (χ2n) is 8.40. The van der Waals surface area contributed by atoms with E-state index in [4.69, 9.17) is 0 Å². The number of ketones is 1. The van der Waals surface area contributed by atoms with Crippen molar-refractivity contribution in [1.82, 2.24) is 9.47 Å². The molecule has 1 aromatic carbocycles. The van der Waals surface area contributed by atoms with Crippen LogP contribution in [0.5, 0.6) is 0 Å². The molecule has 4 rings (SSSR count). The van der Waals surface area contributed by atoms with Gasteiger partial charge in [-0.25, -0.2) is 0 Å². The summed E-state index contributed by atoms with van der Waals surface area (Å²) in [6.07, 6.45) is 5.19. The van der Waals surface area contributed by atoms with Crippen LogP contribution in [0.15, 0.2) is 35.1 Å². The number of carbonyl (C=O) groups excluding carboxylic acids is 1. The molecule has 4 heteroatoms. The normalized spacial score (nSPS) is 25.9. The number of rotatable bonds is 4. The van der Waals surface area contributed by atoms with Gasteiger partial charge in [-0.2, -0.15) is 0 Å². The predicted molar refractivity (Wildman–Crippen MR) is 105 cm³/mol. The van der Waals surface area contributed by atoms with E-state index >= 15 is 0 Å². The summed E-state index contributed by atoms with van der Waals surface area (Å²) in [5, 5.41) is 0.965. The van der Waals surface area contributed by atoms with Crippen LogP contribution < -0.4 is 5.56 Å². The summed E-state index contributed by atoms with van der Waals surface area (Å²) in [4.78, 5) is 28.6. The van der Waals surface area contributed by atoms with E-state index in [0.717, 1.165) is 23.7 Å². The van der Waals surface area contributed by atoms with E-state index in [1.165, 1.54) is 12.8 Å². The van der Waals surface area contributed by atoms with Gasteiger partial charge in [-0.05, 0) is 70.0 Å². The molecule has 2 saturated heterocycles. The molecule has 1 aromatic heterocycles. The van der Waals surface area contributed by atoms with Crippen molar-refractivity contribution in [3.05, 3.63) is 46.2 Å². The number of hydrogen-bond donors (Lipinski definition) is 0. The number of pyridine rings is 1. The van der Waals surface area contributed by atoms with Gasteiger partial charge in [0.15, 0.2) is 5.78 Å². The molecule has 2 atom stereocenters. The number of hydrogen-bond acceptors (Lipinski definition) is 3. The third-order valence-corrected chi connectivity index (χ3v) is 6.43. The topological polar surface area (TPSA) is 42.3 Å². The lowest BCUT2D eigenvalue weighted by Crippen LogP contribution is -2.40. The van der Waals surface area contributed by atoms with Crippen LogP contribution in [-0.4, -0.2) is 34.4 Å². The maximum absolute atomic E-state index is 13.0. The minimum Gasteiger partial charge on any atom is -0.305 e. The van der Waals surface area contributed by atoms with Gasteiger partial charge in [-0.1, -0.05) is 18.2 Å². The average molecular weight is 352 g/mol. The number of fused-ring (bicyclic) bond motifs is 3.